The molecule has 1 saturated heterocycles. The predicted octanol–water partition coefficient (Wildman–Crippen LogP) is 3.37. The van der Waals surface area contributed by atoms with Gasteiger partial charge in [0.1, 0.15) is 0 Å². The number of anilines is 1. The Balaban J connectivity index is 1.79. The maximum absolute atomic E-state index is 12.2. The number of hydrogen-bond acceptors (Lipinski definition) is 3. The molecule has 1 atom stereocenters. The highest BCUT2D eigenvalue weighted by molar-refractivity contribution is 5.91. The second-order valence-electron chi connectivity index (χ2n) is 7.36. The maximum atomic E-state index is 12.2. The van der Waals surface area contributed by atoms with Gasteiger partial charge in [-0.15, -0.1) is 0 Å². The van der Waals surface area contributed by atoms with E-state index in [1.165, 1.54) is 11.1 Å². The number of fused-ring (bicyclic) bond motifs is 1. The molecule has 1 aliphatic heterocycles. The molecule has 23 heavy (non-hydrogen) atoms. The Morgan fingerprint density at radius 3 is 2.83 bits per heavy atom. The van der Waals surface area contributed by atoms with Crippen LogP contribution in [-0.2, 0) is 4.79 Å². The molecule has 2 heterocycles. The van der Waals surface area contributed by atoms with E-state index >= 15 is 0 Å². The fourth-order valence-electron chi connectivity index (χ4n) is 3.07. The molecule has 4 nitrogen and oxygen atoms in total. The molecule has 0 radical (unpaired) electrons. The number of benzene rings is 1. The number of hydrogen-bond donors (Lipinski definition) is 1. The first-order valence-corrected chi connectivity index (χ1v) is 8.35. The lowest BCUT2D eigenvalue weighted by Gasteiger charge is -2.36. The average molecular weight is 311 g/mol. The monoisotopic (exact) mass is 311 g/mol. The minimum atomic E-state index is -0.342. The molecule has 0 bridgehead atoms. The van der Waals surface area contributed by atoms with Gasteiger partial charge in [0.05, 0.1) is 5.52 Å². The van der Waals surface area contributed by atoms with E-state index in [-0.39, 0.29) is 17.4 Å². The zero-order chi connectivity index (χ0) is 16.4. The van der Waals surface area contributed by atoms with Crippen LogP contribution in [0.3, 0.4) is 0 Å². The molecular weight excluding hydrogens is 286 g/mol. The first-order valence-electron chi connectivity index (χ1n) is 8.35. The van der Waals surface area contributed by atoms with Gasteiger partial charge in [-0.25, -0.2) is 0 Å². The molecular formula is C19H25N3O. The number of para-hydroxylation sites is 1. The van der Waals surface area contributed by atoms with Crippen molar-refractivity contribution in [3.63, 3.8) is 0 Å². The van der Waals surface area contributed by atoms with E-state index in [9.17, 15) is 4.79 Å². The van der Waals surface area contributed by atoms with Gasteiger partial charge in [0.15, 0.2) is 0 Å². The third-order valence-electron chi connectivity index (χ3n) is 4.40. The lowest BCUT2D eigenvalue weighted by molar-refractivity contribution is -0.129. The summed E-state index contributed by atoms with van der Waals surface area (Å²) < 4.78 is 0. The Hall–Kier alpha value is -2.10. The number of carbonyl (C=O) groups is 1. The van der Waals surface area contributed by atoms with Gasteiger partial charge in [0, 0.05) is 41.8 Å². The number of nitrogens with one attached hydrogen (secondary N) is 1. The van der Waals surface area contributed by atoms with Gasteiger partial charge in [-0.05, 0) is 25.0 Å². The Labute approximate surface area is 137 Å². The van der Waals surface area contributed by atoms with Gasteiger partial charge in [0.25, 0.3) is 0 Å². The van der Waals surface area contributed by atoms with Gasteiger partial charge >= 0.3 is 0 Å². The first-order chi connectivity index (χ1) is 10.9. The number of carbonyl (C=O) groups excluding carboxylic acids is 1. The van der Waals surface area contributed by atoms with Crippen LogP contribution in [-0.4, -0.2) is 30.0 Å². The summed E-state index contributed by atoms with van der Waals surface area (Å²) in [5, 5.41) is 4.39. The van der Waals surface area contributed by atoms with Crippen LogP contribution in [0.1, 0.15) is 33.6 Å². The van der Waals surface area contributed by atoms with E-state index in [4.69, 9.17) is 0 Å². The molecule has 1 aliphatic rings. The van der Waals surface area contributed by atoms with Crippen molar-refractivity contribution in [3.8, 4) is 0 Å². The van der Waals surface area contributed by atoms with Crippen molar-refractivity contribution < 1.29 is 4.79 Å². The van der Waals surface area contributed by atoms with Gasteiger partial charge in [0.2, 0.25) is 5.91 Å². The molecule has 1 aromatic carbocycles. The fourth-order valence-corrected chi connectivity index (χ4v) is 3.07. The van der Waals surface area contributed by atoms with E-state index in [1.807, 2.05) is 39.1 Å². The normalized spacial score (nSPS) is 18.9. The Bertz CT molecular complexity index is 700. The molecule has 4 heteroatoms. The molecule has 1 unspecified atom stereocenters. The van der Waals surface area contributed by atoms with E-state index in [2.05, 4.69) is 33.4 Å². The van der Waals surface area contributed by atoms with Crippen molar-refractivity contribution in [1.29, 1.82) is 0 Å². The van der Waals surface area contributed by atoms with Crippen LogP contribution in [0.15, 0.2) is 36.5 Å². The van der Waals surface area contributed by atoms with Crippen LogP contribution in [0.4, 0.5) is 5.69 Å². The van der Waals surface area contributed by atoms with Crippen LogP contribution >= 0.6 is 0 Å². The number of rotatable bonds is 2. The van der Waals surface area contributed by atoms with Crippen molar-refractivity contribution in [3.05, 3.63) is 36.5 Å². The number of aromatic nitrogens is 1. The molecule has 1 fully saturated rings. The lowest BCUT2D eigenvalue weighted by atomic mass is 9.94. The van der Waals surface area contributed by atoms with Crippen molar-refractivity contribution >= 4 is 22.5 Å². The van der Waals surface area contributed by atoms with Gasteiger partial charge < -0.3 is 10.2 Å². The predicted molar refractivity (Wildman–Crippen MR) is 94.6 cm³/mol. The number of piperidine rings is 1. The van der Waals surface area contributed by atoms with Crippen LogP contribution in [0.5, 0.6) is 0 Å². The minimum absolute atomic E-state index is 0.129. The van der Waals surface area contributed by atoms with Gasteiger partial charge in [-0.2, -0.15) is 0 Å². The first kappa shape index (κ1) is 15.8. The average Bonchev–Trinajstić information content (AvgIpc) is 2.53. The van der Waals surface area contributed by atoms with Crippen molar-refractivity contribution in [2.75, 3.05) is 18.0 Å². The van der Waals surface area contributed by atoms with Crippen LogP contribution in [0.25, 0.3) is 10.9 Å². The zero-order valence-corrected chi connectivity index (χ0v) is 14.2. The standard InChI is InChI=1S/C19H25N3O/c1-19(2,3)18(23)21-14-7-6-12-22(13-14)17-10-11-20-16-9-5-4-8-15(16)17/h4-5,8-11,14H,6-7,12-13H2,1-3H3,(H,21,23). The number of nitrogens with zero attached hydrogens (tertiary/aromatic N) is 2. The highest BCUT2D eigenvalue weighted by Gasteiger charge is 2.27. The van der Waals surface area contributed by atoms with Crippen LogP contribution in [0, 0.1) is 5.41 Å². The highest BCUT2D eigenvalue weighted by Crippen LogP contribution is 2.28. The van der Waals surface area contributed by atoms with E-state index in [0.29, 0.717) is 0 Å². The third kappa shape index (κ3) is 3.46. The topological polar surface area (TPSA) is 45.2 Å². The molecule has 0 saturated carbocycles. The number of pyridine rings is 1. The molecule has 2 aromatic rings. The minimum Gasteiger partial charge on any atom is -0.369 e. The van der Waals surface area contributed by atoms with Crippen molar-refractivity contribution in [1.82, 2.24) is 10.3 Å². The summed E-state index contributed by atoms with van der Waals surface area (Å²) in [5.74, 6) is 0.129. The van der Waals surface area contributed by atoms with E-state index in [1.54, 1.807) is 0 Å². The SMILES string of the molecule is CC(C)(C)C(=O)NC1CCCN(c2ccnc3ccccc23)C1. The Morgan fingerprint density at radius 2 is 2.04 bits per heavy atom. The number of amides is 1. The molecule has 1 N–H and O–H groups in total. The maximum Gasteiger partial charge on any atom is 0.225 e. The van der Waals surface area contributed by atoms with Crippen molar-refractivity contribution in [2.24, 2.45) is 5.41 Å². The molecule has 3 rings (SSSR count). The zero-order valence-electron chi connectivity index (χ0n) is 14.2. The van der Waals surface area contributed by atoms with E-state index in [0.717, 1.165) is 31.4 Å². The Kier molecular flexibility index (Phi) is 4.24. The summed E-state index contributed by atoms with van der Waals surface area (Å²) >= 11 is 0. The summed E-state index contributed by atoms with van der Waals surface area (Å²) in [7, 11) is 0. The molecule has 1 aromatic heterocycles. The fraction of sp³-hybridized carbons (Fsp3) is 0.474. The quantitative estimate of drug-likeness (QED) is 0.925. The van der Waals surface area contributed by atoms with Crippen molar-refractivity contribution in [2.45, 2.75) is 39.7 Å². The highest BCUT2D eigenvalue weighted by atomic mass is 16.2. The summed E-state index contributed by atoms with van der Waals surface area (Å²) in [6, 6.07) is 10.5. The summed E-state index contributed by atoms with van der Waals surface area (Å²) in [4.78, 5) is 19.1. The van der Waals surface area contributed by atoms with Gasteiger partial charge in [-0.1, -0.05) is 39.0 Å². The third-order valence-corrected chi connectivity index (χ3v) is 4.40. The molecule has 122 valence electrons. The molecule has 0 spiro atoms. The van der Waals surface area contributed by atoms with Crippen LogP contribution in [0.2, 0.25) is 0 Å². The second kappa shape index (κ2) is 6.19. The lowest BCUT2D eigenvalue weighted by Crippen LogP contribution is -2.50. The summed E-state index contributed by atoms with van der Waals surface area (Å²) in [6.45, 7) is 7.75. The summed E-state index contributed by atoms with van der Waals surface area (Å²) in [5.41, 5.74) is 1.89. The largest absolute Gasteiger partial charge is 0.369 e. The molecule has 1 amide bonds. The Morgan fingerprint density at radius 1 is 1.26 bits per heavy atom. The van der Waals surface area contributed by atoms with Crippen LogP contribution < -0.4 is 10.2 Å². The summed E-state index contributed by atoms with van der Waals surface area (Å²) in [6.07, 6.45) is 4.00. The van der Waals surface area contributed by atoms with E-state index < -0.39 is 0 Å². The molecule has 0 aliphatic carbocycles. The van der Waals surface area contributed by atoms with Gasteiger partial charge in [-0.3, -0.25) is 9.78 Å². The second-order valence-corrected chi connectivity index (χ2v) is 7.36. The smallest absolute Gasteiger partial charge is 0.225 e.